The van der Waals surface area contributed by atoms with Crippen LogP contribution in [0.3, 0.4) is 0 Å². The largest absolute Gasteiger partial charge is 0.508 e. The van der Waals surface area contributed by atoms with Crippen molar-refractivity contribution in [3.05, 3.63) is 71.8 Å². The molecule has 4 N–H and O–H groups in total. The molecule has 0 aliphatic carbocycles. The van der Waals surface area contributed by atoms with Crippen LogP contribution in [0.15, 0.2) is 60.7 Å². The summed E-state index contributed by atoms with van der Waals surface area (Å²) in [7, 11) is -4.23. The van der Waals surface area contributed by atoms with Gasteiger partial charge in [-0.25, -0.2) is 0 Å². The van der Waals surface area contributed by atoms with E-state index in [2.05, 4.69) is 0 Å². The second-order valence-electron chi connectivity index (χ2n) is 6.04. The monoisotopic (exact) mass is 378 g/mol. The third-order valence-corrected chi connectivity index (χ3v) is 5.34. The maximum atomic E-state index is 11.6. The molecule has 2 aromatic carbocycles. The van der Waals surface area contributed by atoms with Crippen molar-refractivity contribution >= 4 is 10.1 Å². The normalized spacial score (nSPS) is 14.4. The van der Waals surface area contributed by atoms with Gasteiger partial charge in [0.15, 0.2) is 0 Å². The van der Waals surface area contributed by atoms with Crippen LogP contribution in [0, 0.1) is 0 Å². The fourth-order valence-corrected chi connectivity index (χ4v) is 3.29. The maximum Gasteiger partial charge on any atom is 0.268 e. The molecule has 7 heteroatoms. The van der Waals surface area contributed by atoms with E-state index in [-0.39, 0.29) is 24.3 Å². The van der Waals surface area contributed by atoms with Gasteiger partial charge in [0.05, 0.1) is 11.4 Å². The van der Waals surface area contributed by atoms with Gasteiger partial charge >= 0.3 is 0 Å². The van der Waals surface area contributed by atoms with Crippen molar-refractivity contribution in [2.24, 2.45) is 0 Å². The van der Waals surface area contributed by atoms with Crippen molar-refractivity contribution in [3.63, 3.8) is 0 Å². The molecule has 0 saturated carbocycles. The first kappa shape index (κ1) is 20.0. The van der Waals surface area contributed by atoms with E-state index in [4.69, 9.17) is 0 Å². The minimum absolute atomic E-state index is 0.0616. The molecule has 2 rings (SSSR count). The molecule has 0 aromatic heterocycles. The topological polar surface area (TPSA) is 115 Å². The Bertz CT molecular complexity index is 825. The number of phenolic OH excluding ortho intramolecular Hbond substituents is 2. The predicted octanol–water partition coefficient (Wildman–Crippen LogP) is 2.97. The van der Waals surface area contributed by atoms with Gasteiger partial charge in [-0.2, -0.15) is 8.42 Å². The maximum absolute atomic E-state index is 11.6. The van der Waals surface area contributed by atoms with Crippen LogP contribution in [0.4, 0.5) is 0 Å². The zero-order valence-electron chi connectivity index (χ0n) is 14.1. The van der Waals surface area contributed by atoms with Gasteiger partial charge in [-0.3, -0.25) is 4.55 Å². The van der Waals surface area contributed by atoms with Gasteiger partial charge in [0.2, 0.25) is 0 Å². The molecule has 0 saturated heterocycles. The number of aromatic hydroxyl groups is 2. The van der Waals surface area contributed by atoms with Gasteiger partial charge in [-0.1, -0.05) is 36.4 Å². The third-order valence-electron chi connectivity index (χ3n) is 4.06. The first-order valence-corrected chi connectivity index (χ1v) is 9.64. The SMILES string of the molecule is O=S(=O)(O)[C@@H](C/C=C/[C@@H](O)c1ccc(O)cc1)CCc1ccc(O)cc1. The van der Waals surface area contributed by atoms with Gasteiger partial charge in [-0.15, -0.1) is 0 Å². The molecule has 0 heterocycles. The van der Waals surface area contributed by atoms with E-state index in [9.17, 15) is 28.3 Å². The molecule has 0 unspecified atom stereocenters. The minimum atomic E-state index is -4.23. The van der Waals surface area contributed by atoms with Crippen LogP contribution in [0.2, 0.25) is 0 Å². The second-order valence-corrected chi connectivity index (χ2v) is 7.74. The Morgan fingerprint density at radius 3 is 2.00 bits per heavy atom. The molecule has 0 aliphatic rings. The summed E-state index contributed by atoms with van der Waals surface area (Å²) in [4.78, 5) is 0. The Balaban J connectivity index is 1.96. The van der Waals surface area contributed by atoms with Gasteiger partial charge in [0.25, 0.3) is 10.1 Å². The van der Waals surface area contributed by atoms with Crippen molar-refractivity contribution < 1.29 is 28.3 Å². The Morgan fingerprint density at radius 1 is 0.923 bits per heavy atom. The standard InChI is InChI=1S/C19H22O6S/c20-16-9-4-14(5-10-16)6-13-18(26(23,24)25)2-1-3-19(22)15-7-11-17(21)12-8-15/h1,3-5,7-12,18-22H,2,6,13H2,(H,23,24,25)/b3-1+/t18-,19+/m0/s1. The second kappa shape index (κ2) is 8.84. The molecule has 2 atom stereocenters. The first-order chi connectivity index (χ1) is 12.3. The van der Waals surface area contributed by atoms with Crippen LogP contribution >= 0.6 is 0 Å². The lowest BCUT2D eigenvalue weighted by Gasteiger charge is -2.12. The molecule has 26 heavy (non-hydrogen) atoms. The lowest BCUT2D eigenvalue weighted by molar-refractivity contribution is 0.228. The van der Waals surface area contributed by atoms with Gasteiger partial charge in [0.1, 0.15) is 11.5 Å². The number of rotatable bonds is 8. The molecule has 0 radical (unpaired) electrons. The first-order valence-electron chi connectivity index (χ1n) is 8.13. The van der Waals surface area contributed by atoms with E-state index >= 15 is 0 Å². The lowest BCUT2D eigenvalue weighted by Crippen LogP contribution is -2.20. The van der Waals surface area contributed by atoms with Gasteiger partial charge < -0.3 is 15.3 Å². The van der Waals surface area contributed by atoms with Crippen LogP contribution < -0.4 is 0 Å². The number of benzene rings is 2. The van der Waals surface area contributed by atoms with E-state index in [0.717, 1.165) is 5.56 Å². The van der Waals surface area contributed by atoms with E-state index in [1.54, 1.807) is 24.3 Å². The molecule has 6 nitrogen and oxygen atoms in total. The van der Waals surface area contributed by atoms with E-state index in [1.165, 1.54) is 36.4 Å². The van der Waals surface area contributed by atoms with Crippen LogP contribution in [-0.4, -0.2) is 33.5 Å². The number of aliphatic hydroxyl groups is 1. The van der Waals surface area contributed by atoms with E-state index < -0.39 is 21.5 Å². The quantitative estimate of drug-likeness (QED) is 0.415. The van der Waals surface area contributed by atoms with E-state index in [0.29, 0.717) is 12.0 Å². The molecule has 0 spiro atoms. The zero-order valence-corrected chi connectivity index (χ0v) is 14.9. The molecule has 0 aliphatic heterocycles. The zero-order chi connectivity index (χ0) is 19.2. The highest BCUT2D eigenvalue weighted by Gasteiger charge is 2.21. The highest BCUT2D eigenvalue weighted by atomic mass is 32.2. The summed E-state index contributed by atoms with van der Waals surface area (Å²) in [5, 5.41) is 27.6. The summed E-state index contributed by atoms with van der Waals surface area (Å²) >= 11 is 0. The van der Waals surface area contributed by atoms with Crippen molar-refractivity contribution in [3.8, 4) is 11.5 Å². The summed E-state index contributed by atoms with van der Waals surface area (Å²) < 4.78 is 32.6. The van der Waals surface area contributed by atoms with Crippen molar-refractivity contribution in [2.75, 3.05) is 0 Å². The Hall–Kier alpha value is -2.35. The average Bonchev–Trinajstić information content (AvgIpc) is 2.58. The summed E-state index contributed by atoms with van der Waals surface area (Å²) in [5.41, 5.74) is 1.41. The third kappa shape index (κ3) is 6.18. The average molecular weight is 378 g/mol. The molecular weight excluding hydrogens is 356 g/mol. The predicted molar refractivity (Wildman–Crippen MR) is 98.6 cm³/mol. The van der Waals surface area contributed by atoms with Crippen molar-refractivity contribution in [1.82, 2.24) is 0 Å². The molecule has 0 amide bonds. The number of hydrogen-bond donors (Lipinski definition) is 4. The van der Waals surface area contributed by atoms with Crippen LogP contribution in [0.5, 0.6) is 11.5 Å². The highest BCUT2D eigenvalue weighted by Crippen LogP contribution is 2.20. The summed E-state index contributed by atoms with van der Waals surface area (Å²) in [6.45, 7) is 0. The van der Waals surface area contributed by atoms with Crippen molar-refractivity contribution in [2.45, 2.75) is 30.6 Å². The number of aryl methyl sites for hydroxylation is 1. The number of hydrogen-bond acceptors (Lipinski definition) is 5. The fraction of sp³-hybridized carbons (Fsp3) is 0.263. The Morgan fingerprint density at radius 2 is 1.46 bits per heavy atom. The molecule has 0 fully saturated rings. The number of phenols is 2. The Kier molecular flexibility index (Phi) is 6.79. The van der Waals surface area contributed by atoms with Crippen molar-refractivity contribution in [1.29, 1.82) is 0 Å². The number of allylic oxidation sites excluding steroid dienone is 1. The van der Waals surface area contributed by atoms with Gasteiger partial charge in [0, 0.05) is 0 Å². The van der Waals surface area contributed by atoms with Crippen LogP contribution in [0.25, 0.3) is 0 Å². The summed E-state index contributed by atoms with van der Waals surface area (Å²) in [5.74, 6) is 0.219. The lowest BCUT2D eigenvalue weighted by atomic mass is 10.1. The molecule has 0 bridgehead atoms. The Labute approximate surface area is 152 Å². The van der Waals surface area contributed by atoms with E-state index in [1.807, 2.05) is 0 Å². The van der Waals surface area contributed by atoms with Gasteiger partial charge in [-0.05, 0) is 54.7 Å². The minimum Gasteiger partial charge on any atom is -0.508 e. The van der Waals surface area contributed by atoms with Crippen LogP contribution in [-0.2, 0) is 16.5 Å². The smallest absolute Gasteiger partial charge is 0.268 e. The number of aliphatic hydroxyl groups excluding tert-OH is 1. The highest BCUT2D eigenvalue weighted by molar-refractivity contribution is 7.86. The summed E-state index contributed by atoms with van der Waals surface area (Å²) in [6.07, 6.45) is 2.74. The fourth-order valence-electron chi connectivity index (χ4n) is 2.52. The molecule has 2 aromatic rings. The van der Waals surface area contributed by atoms with Crippen LogP contribution in [0.1, 0.15) is 30.1 Å². The molecule has 140 valence electrons. The summed E-state index contributed by atoms with van der Waals surface area (Å²) in [6, 6.07) is 12.5. The molecular formula is C19H22O6S.